The molecule has 1 aliphatic heterocycles. The molecule has 4 N–H and O–H groups in total. The van der Waals surface area contributed by atoms with Crippen molar-refractivity contribution in [2.45, 2.75) is 24.5 Å². The fourth-order valence-corrected chi connectivity index (χ4v) is 1.89. The van der Waals surface area contributed by atoms with Gasteiger partial charge in [0.05, 0.1) is 0 Å². The minimum atomic E-state index is -0.467. The Kier molecular flexibility index (Phi) is 4.10. The number of carbonyl (C=O) groups is 3. The highest BCUT2D eigenvalue weighted by molar-refractivity contribution is 7.98. The van der Waals surface area contributed by atoms with E-state index in [0.29, 0.717) is 6.42 Å². The molecule has 1 aliphatic rings. The predicted molar refractivity (Wildman–Crippen MR) is 55.3 cm³/mol. The monoisotopic (exact) mass is 231 g/mol. The summed E-state index contributed by atoms with van der Waals surface area (Å²) in [5.74, 6) is -0.928. The average Bonchev–Trinajstić information content (AvgIpc) is 2.44. The molecule has 6 nitrogen and oxygen atoms in total. The maximum Gasteiger partial charge on any atom is 0.244 e. The SMILES string of the molecule is NSC1CC(=O)N(CCCC(N)=O)C1=O. The summed E-state index contributed by atoms with van der Waals surface area (Å²) in [7, 11) is 0. The van der Waals surface area contributed by atoms with Crippen molar-refractivity contribution in [3.63, 3.8) is 0 Å². The maximum atomic E-state index is 11.5. The predicted octanol–water partition coefficient (Wildman–Crippen LogP) is -1.01. The summed E-state index contributed by atoms with van der Waals surface area (Å²) in [6.07, 6.45) is 0.739. The molecule has 84 valence electrons. The molecule has 1 heterocycles. The fourth-order valence-electron chi connectivity index (χ4n) is 1.41. The van der Waals surface area contributed by atoms with Crippen molar-refractivity contribution in [3.8, 4) is 0 Å². The van der Waals surface area contributed by atoms with E-state index in [1.54, 1.807) is 0 Å². The highest BCUT2D eigenvalue weighted by atomic mass is 32.2. The number of hydrogen-bond acceptors (Lipinski definition) is 5. The van der Waals surface area contributed by atoms with Crippen LogP contribution < -0.4 is 10.9 Å². The van der Waals surface area contributed by atoms with Crippen molar-refractivity contribution >= 4 is 29.7 Å². The van der Waals surface area contributed by atoms with Gasteiger partial charge in [0, 0.05) is 19.4 Å². The molecule has 0 aromatic carbocycles. The zero-order valence-corrected chi connectivity index (χ0v) is 8.96. The zero-order chi connectivity index (χ0) is 11.4. The van der Waals surface area contributed by atoms with Crippen LogP contribution in [0.25, 0.3) is 0 Å². The fraction of sp³-hybridized carbons (Fsp3) is 0.625. The second-order valence-corrected chi connectivity index (χ2v) is 4.12. The first kappa shape index (κ1) is 12.0. The standard InChI is InChI=1S/C8H13N3O3S/c9-6(12)2-1-3-11-7(13)4-5(15-10)8(11)14/h5H,1-4,10H2,(H2,9,12). The quantitative estimate of drug-likeness (QED) is 0.465. The molecule has 0 aromatic rings. The Hall–Kier alpha value is -1.08. The summed E-state index contributed by atoms with van der Waals surface area (Å²) in [5, 5.41) is 4.80. The molecule has 1 saturated heterocycles. The first-order chi connectivity index (χ1) is 7.06. The zero-order valence-electron chi connectivity index (χ0n) is 8.14. The molecule has 0 radical (unpaired) electrons. The minimum absolute atomic E-state index is 0.149. The molecule has 0 saturated carbocycles. The van der Waals surface area contributed by atoms with Crippen molar-refractivity contribution < 1.29 is 14.4 Å². The van der Waals surface area contributed by atoms with E-state index in [0.717, 1.165) is 16.8 Å². The Labute approximate surface area is 91.5 Å². The Morgan fingerprint density at radius 1 is 1.53 bits per heavy atom. The van der Waals surface area contributed by atoms with Gasteiger partial charge in [-0.25, -0.2) is 0 Å². The minimum Gasteiger partial charge on any atom is -0.370 e. The molecular weight excluding hydrogens is 218 g/mol. The number of imide groups is 1. The number of hydrogen-bond donors (Lipinski definition) is 2. The molecule has 0 aromatic heterocycles. The van der Waals surface area contributed by atoms with Crippen LogP contribution in [-0.4, -0.2) is 34.4 Å². The summed E-state index contributed by atoms with van der Waals surface area (Å²) in [6.45, 7) is 0.248. The third kappa shape index (κ3) is 2.93. The number of nitrogens with two attached hydrogens (primary N) is 2. The number of nitrogens with zero attached hydrogens (tertiary/aromatic N) is 1. The van der Waals surface area contributed by atoms with Crippen LogP contribution in [0.5, 0.6) is 0 Å². The number of primary amides is 1. The van der Waals surface area contributed by atoms with Gasteiger partial charge < -0.3 is 5.73 Å². The molecule has 1 atom stereocenters. The molecule has 7 heteroatoms. The van der Waals surface area contributed by atoms with Gasteiger partial charge in [-0.15, -0.1) is 0 Å². The van der Waals surface area contributed by atoms with Crippen molar-refractivity contribution in [2.75, 3.05) is 6.54 Å². The van der Waals surface area contributed by atoms with Gasteiger partial charge in [0.1, 0.15) is 5.25 Å². The summed E-state index contributed by atoms with van der Waals surface area (Å²) >= 11 is 0.884. The van der Waals surface area contributed by atoms with E-state index in [4.69, 9.17) is 10.9 Å². The van der Waals surface area contributed by atoms with Crippen LogP contribution in [0.4, 0.5) is 0 Å². The number of likely N-dealkylation sites (tertiary alicyclic amines) is 1. The lowest BCUT2D eigenvalue weighted by molar-refractivity contribution is -0.138. The summed E-state index contributed by atoms with van der Waals surface area (Å²) in [5.41, 5.74) is 4.95. The van der Waals surface area contributed by atoms with E-state index in [2.05, 4.69) is 0 Å². The first-order valence-electron chi connectivity index (χ1n) is 4.54. The van der Waals surface area contributed by atoms with Crippen molar-refractivity contribution in [2.24, 2.45) is 10.9 Å². The topological polar surface area (TPSA) is 106 Å². The van der Waals surface area contributed by atoms with Gasteiger partial charge in [-0.05, 0) is 6.42 Å². The Morgan fingerprint density at radius 3 is 2.67 bits per heavy atom. The third-order valence-corrected chi connectivity index (χ3v) is 2.87. The van der Waals surface area contributed by atoms with Gasteiger partial charge in [-0.1, -0.05) is 11.9 Å². The van der Waals surface area contributed by atoms with E-state index < -0.39 is 11.2 Å². The van der Waals surface area contributed by atoms with E-state index >= 15 is 0 Å². The number of carbonyl (C=O) groups excluding carboxylic acids is 3. The molecule has 1 fully saturated rings. The van der Waals surface area contributed by atoms with Crippen LogP contribution in [0.2, 0.25) is 0 Å². The van der Waals surface area contributed by atoms with Crippen LogP contribution in [-0.2, 0) is 14.4 Å². The average molecular weight is 231 g/mol. The molecule has 0 spiro atoms. The largest absolute Gasteiger partial charge is 0.370 e. The molecule has 0 aliphatic carbocycles. The van der Waals surface area contributed by atoms with Crippen molar-refractivity contribution in [1.82, 2.24) is 4.90 Å². The molecular formula is C8H13N3O3S. The lowest BCUT2D eigenvalue weighted by Gasteiger charge is -2.13. The van der Waals surface area contributed by atoms with Gasteiger partial charge in [0.15, 0.2) is 0 Å². The Morgan fingerprint density at radius 2 is 2.20 bits per heavy atom. The molecule has 3 amide bonds. The second-order valence-electron chi connectivity index (χ2n) is 3.28. The second kappa shape index (κ2) is 5.13. The van der Waals surface area contributed by atoms with E-state index in [-0.39, 0.29) is 31.2 Å². The summed E-state index contributed by atoms with van der Waals surface area (Å²) in [6, 6.07) is 0. The van der Waals surface area contributed by atoms with Crippen LogP contribution in [0.15, 0.2) is 0 Å². The van der Waals surface area contributed by atoms with E-state index in [9.17, 15) is 14.4 Å². The van der Waals surface area contributed by atoms with Gasteiger partial charge >= 0.3 is 0 Å². The summed E-state index contributed by atoms with van der Waals surface area (Å²) in [4.78, 5) is 34.5. The number of amides is 3. The highest BCUT2D eigenvalue weighted by Crippen LogP contribution is 2.21. The maximum absolute atomic E-state index is 11.5. The molecule has 15 heavy (non-hydrogen) atoms. The third-order valence-electron chi connectivity index (χ3n) is 2.17. The first-order valence-corrected chi connectivity index (χ1v) is 5.48. The smallest absolute Gasteiger partial charge is 0.244 e. The van der Waals surface area contributed by atoms with Crippen LogP contribution >= 0.6 is 11.9 Å². The highest BCUT2D eigenvalue weighted by Gasteiger charge is 2.37. The lowest BCUT2D eigenvalue weighted by Crippen LogP contribution is -2.33. The normalized spacial score (nSPS) is 21.1. The van der Waals surface area contributed by atoms with Crippen LogP contribution in [0.3, 0.4) is 0 Å². The lowest BCUT2D eigenvalue weighted by atomic mass is 10.3. The van der Waals surface area contributed by atoms with E-state index in [1.807, 2.05) is 0 Å². The van der Waals surface area contributed by atoms with Crippen LogP contribution in [0.1, 0.15) is 19.3 Å². The van der Waals surface area contributed by atoms with E-state index in [1.165, 1.54) is 0 Å². The summed E-state index contributed by atoms with van der Waals surface area (Å²) < 4.78 is 0. The van der Waals surface area contributed by atoms with Crippen molar-refractivity contribution in [3.05, 3.63) is 0 Å². The van der Waals surface area contributed by atoms with Gasteiger partial charge in [-0.2, -0.15) is 0 Å². The van der Waals surface area contributed by atoms with Crippen LogP contribution in [0, 0.1) is 0 Å². The Bertz CT molecular complexity index is 295. The number of rotatable bonds is 5. The molecule has 1 unspecified atom stereocenters. The Balaban J connectivity index is 2.44. The van der Waals surface area contributed by atoms with Crippen molar-refractivity contribution in [1.29, 1.82) is 0 Å². The van der Waals surface area contributed by atoms with Gasteiger partial charge in [0.2, 0.25) is 17.7 Å². The van der Waals surface area contributed by atoms with Gasteiger partial charge in [0.25, 0.3) is 0 Å². The van der Waals surface area contributed by atoms with Gasteiger partial charge in [-0.3, -0.25) is 24.4 Å². The molecule has 0 bridgehead atoms. The molecule has 1 rings (SSSR count).